The summed E-state index contributed by atoms with van der Waals surface area (Å²) in [6.07, 6.45) is 3.86. The molecule has 0 spiro atoms. The Morgan fingerprint density at radius 3 is 2.46 bits per heavy atom. The van der Waals surface area contributed by atoms with Gasteiger partial charge in [0.1, 0.15) is 17.2 Å². The lowest BCUT2D eigenvalue weighted by molar-refractivity contribution is -0.156. The van der Waals surface area contributed by atoms with Gasteiger partial charge < -0.3 is 18.9 Å². The average molecular weight is 521 g/mol. The van der Waals surface area contributed by atoms with E-state index in [2.05, 4.69) is 30.3 Å². The van der Waals surface area contributed by atoms with E-state index in [9.17, 15) is 4.79 Å². The monoisotopic (exact) mass is 520 g/mol. The Labute approximate surface area is 224 Å². The number of para-hydroxylation sites is 2. The Morgan fingerprint density at radius 2 is 1.68 bits per heavy atom. The lowest BCUT2D eigenvalue weighted by Gasteiger charge is -2.17. The first-order valence-corrected chi connectivity index (χ1v) is 14.1. The van der Waals surface area contributed by atoms with Gasteiger partial charge in [-0.2, -0.15) is 0 Å². The predicted octanol–water partition coefficient (Wildman–Crippen LogP) is 7.78. The molecule has 0 aliphatic carbocycles. The summed E-state index contributed by atoms with van der Waals surface area (Å²) >= 11 is 1.88. The Morgan fingerprint density at radius 1 is 0.919 bits per heavy atom. The molecule has 2 atom stereocenters. The average Bonchev–Trinajstić information content (AvgIpc) is 3.08. The maximum absolute atomic E-state index is 12.2. The van der Waals surface area contributed by atoms with Crippen LogP contribution in [0.1, 0.15) is 55.9 Å². The van der Waals surface area contributed by atoms with Crippen LogP contribution in [-0.4, -0.2) is 31.9 Å². The molecule has 3 aromatic carbocycles. The molecule has 1 heterocycles. The number of esters is 1. The highest BCUT2D eigenvalue weighted by Crippen LogP contribution is 2.49. The van der Waals surface area contributed by atoms with Gasteiger partial charge in [0.15, 0.2) is 6.10 Å². The molecule has 0 saturated carbocycles. The molecule has 2 unspecified atom stereocenters. The third-order valence-electron chi connectivity index (χ3n) is 6.15. The maximum atomic E-state index is 12.2. The predicted molar refractivity (Wildman–Crippen MR) is 148 cm³/mol. The van der Waals surface area contributed by atoms with Crippen molar-refractivity contribution in [1.82, 2.24) is 0 Å². The number of carbonyl (C=O) groups excluding carboxylic acids is 1. The number of unbranched alkanes of at least 4 members (excludes halogenated alkanes) is 1. The standard InChI is InChI=1S/C31H36O5S/c1-3-20-35-28(31(32)33-4-2)22-23-16-18-24(19-17-23)34-21-10-9-14-29-25-11-5-6-12-26(25)36-27-13-7-8-15-30(27)37-29/h5-8,11-13,15-19,28-29H,3-4,9-10,14,20-22H2,1-2H3. The van der Waals surface area contributed by atoms with Gasteiger partial charge in [-0.3, -0.25) is 0 Å². The van der Waals surface area contributed by atoms with Crippen LogP contribution in [0.2, 0.25) is 0 Å². The van der Waals surface area contributed by atoms with Gasteiger partial charge in [-0.25, -0.2) is 4.79 Å². The van der Waals surface area contributed by atoms with Crippen molar-refractivity contribution < 1.29 is 23.7 Å². The SMILES string of the molecule is CCCOC(Cc1ccc(OCCCCC2Sc3ccccc3Oc3ccccc32)cc1)C(=O)OCC. The fraction of sp³-hybridized carbons (Fsp3) is 0.387. The van der Waals surface area contributed by atoms with Crippen molar-refractivity contribution >= 4 is 17.7 Å². The summed E-state index contributed by atoms with van der Waals surface area (Å²) in [7, 11) is 0. The molecule has 0 radical (unpaired) electrons. The second-order valence-electron chi connectivity index (χ2n) is 9.00. The van der Waals surface area contributed by atoms with Crippen molar-refractivity contribution in [3.05, 3.63) is 83.9 Å². The zero-order valence-electron chi connectivity index (χ0n) is 21.7. The molecule has 196 valence electrons. The van der Waals surface area contributed by atoms with Gasteiger partial charge in [-0.15, -0.1) is 11.8 Å². The largest absolute Gasteiger partial charge is 0.494 e. The van der Waals surface area contributed by atoms with Gasteiger partial charge in [0.05, 0.1) is 18.1 Å². The second kappa shape index (κ2) is 14.1. The van der Waals surface area contributed by atoms with Crippen molar-refractivity contribution in [2.75, 3.05) is 19.8 Å². The van der Waals surface area contributed by atoms with E-state index in [4.69, 9.17) is 18.9 Å². The van der Waals surface area contributed by atoms with Crippen molar-refractivity contribution in [2.45, 2.75) is 62.2 Å². The van der Waals surface area contributed by atoms with Crippen molar-refractivity contribution in [2.24, 2.45) is 0 Å². The molecule has 1 aliphatic heterocycles. The number of carbonyl (C=O) groups is 1. The van der Waals surface area contributed by atoms with E-state index >= 15 is 0 Å². The number of hydrogen-bond acceptors (Lipinski definition) is 6. The highest BCUT2D eigenvalue weighted by Gasteiger charge is 2.23. The fourth-order valence-corrected chi connectivity index (χ4v) is 5.58. The Hall–Kier alpha value is -2.96. The van der Waals surface area contributed by atoms with Crippen LogP contribution in [-0.2, 0) is 20.7 Å². The summed E-state index contributed by atoms with van der Waals surface area (Å²) in [6.45, 7) is 5.38. The summed E-state index contributed by atoms with van der Waals surface area (Å²) in [6, 6.07) is 24.5. The van der Waals surface area contributed by atoms with Gasteiger partial charge in [0.25, 0.3) is 0 Å². The molecule has 0 saturated heterocycles. The Balaban J connectivity index is 1.25. The zero-order valence-corrected chi connectivity index (χ0v) is 22.5. The Kier molecular flexibility index (Phi) is 10.3. The van der Waals surface area contributed by atoms with E-state index in [1.165, 1.54) is 10.5 Å². The van der Waals surface area contributed by atoms with Crippen molar-refractivity contribution in [3.8, 4) is 17.2 Å². The fourth-order valence-electron chi connectivity index (χ4n) is 4.28. The lowest BCUT2D eigenvalue weighted by atomic mass is 10.1. The minimum atomic E-state index is -0.573. The number of ether oxygens (including phenoxy) is 4. The minimum Gasteiger partial charge on any atom is -0.494 e. The van der Waals surface area contributed by atoms with Gasteiger partial charge in [-0.05, 0) is 68.5 Å². The molecule has 0 fully saturated rings. The molecule has 6 heteroatoms. The van der Waals surface area contributed by atoms with Crippen molar-refractivity contribution in [1.29, 1.82) is 0 Å². The van der Waals surface area contributed by atoms with E-state index in [1.807, 2.05) is 68.1 Å². The number of rotatable bonds is 13. The first-order valence-electron chi connectivity index (χ1n) is 13.2. The molecule has 5 nitrogen and oxygen atoms in total. The molecule has 0 aromatic heterocycles. The smallest absolute Gasteiger partial charge is 0.335 e. The van der Waals surface area contributed by atoms with E-state index in [0.29, 0.717) is 31.5 Å². The van der Waals surface area contributed by atoms with E-state index in [1.54, 1.807) is 0 Å². The quantitative estimate of drug-likeness (QED) is 0.169. The van der Waals surface area contributed by atoms with Gasteiger partial charge >= 0.3 is 5.97 Å². The number of thioether (sulfide) groups is 1. The molecule has 0 N–H and O–H groups in total. The van der Waals surface area contributed by atoms with Crippen LogP contribution in [0.5, 0.6) is 17.2 Å². The number of benzene rings is 3. The normalized spacial score (nSPS) is 15.0. The van der Waals surface area contributed by atoms with Crippen LogP contribution < -0.4 is 9.47 Å². The molecular formula is C31H36O5S. The highest BCUT2D eigenvalue weighted by molar-refractivity contribution is 7.99. The maximum Gasteiger partial charge on any atom is 0.335 e. The van der Waals surface area contributed by atoms with Crippen LogP contribution in [0.15, 0.2) is 77.7 Å². The molecule has 37 heavy (non-hydrogen) atoms. The van der Waals surface area contributed by atoms with Crippen LogP contribution in [0.4, 0.5) is 0 Å². The first kappa shape index (κ1) is 27.1. The molecule has 3 aromatic rings. The topological polar surface area (TPSA) is 54.0 Å². The summed E-state index contributed by atoms with van der Waals surface area (Å²) in [5.41, 5.74) is 2.28. The summed E-state index contributed by atoms with van der Waals surface area (Å²) in [5.74, 6) is 2.41. The van der Waals surface area contributed by atoms with Crippen molar-refractivity contribution in [3.63, 3.8) is 0 Å². The molecule has 0 amide bonds. The third kappa shape index (κ3) is 7.76. The minimum absolute atomic E-state index is 0.305. The molecule has 0 bridgehead atoms. The van der Waals surface area contributed by atoms with E-state index in [-0.39, 0.29) is 5.97 Å². The molecular weight excluding hydrogens is 484 g/mol. The summed E-state index contributed by atoms with van der Waals surface area (Å²) < 4.78 is 23.1. The van der Waals surface area contributed by atoms with Gasteiger partial charge in [0, 0.05) is 23.8 Å². The summed E-state index contributed by atoms with van der Waals surface area (Å²) in [5, 5.41) is 0.349. The zero-order chi connectivity index (χ0) is 25.9. The third-order valence-corrected chi connectivity index (χ3v) is 7.52. The number of fused-ring (bicyclic) bond motifs is 2. The van der Waals surface area contributed by atoms with Crippen LogP contribution in [0, 0.1) is 0 Å². The second-order valence-corrected chi connectivity index (χ2v) is 10.2. The van der Waals surface area contributed by atoms with Crippen LogP contribution >= 0.6 is 11.8 Å². The Bertz CT molecular complexity index is 1130. The number of hydrogen-bond donors (Lipinski definition) is 0. The van der Waals surface area contributed by atoms with Crippen LogP contribution in [0.25, 0.3) is 0 Å². The van der Waals surface area contributed by atoms with Crippen LogP contribution in [0.3, 0.4) is 0 Å². The van der Waals surface area contributed by atoms with E-state index < -0.39 is 6.10 Å². The highest BCUT2D eigenvalue weighted by atomic mass is 32.2. The first-order chi connectivity index (χ1) is 18.2. The molecule has 4 rings (SSSR count). The summed E-state index contributed by atoms with van der Waals surface area (Å²) in [4.78, 5) is 13.4. The van der Waals surface area contributed by atoms with Gasteiger partial charge in [0.2, 0.25) is 0 Å². The van der Waals surface area contributed by atoms with Gasteiger partial charge in [-0.1, -0.05) is 49.4 Å². The molecule has 1 aliphatic rings. The lowest BCUT2D eigenvalue weighted by Crippen LogP contribution is -2.29. The van der Waals surface area contributed by atoms with E-state index in [0.717, 1.165) is 48.5 Å².